The zero-order valence-corrected chi connectivity index (χ0v) is 18.1. The SMILES string of the molecule is C[C@]1(O)CC(=O)[C@H](C(=O)Nc2ccccc2)[C@@H](c2ccccn2)[C@H]1C(=O)Nc1ccccc1. The molecule has 1 heterocycles. The Morgan fingerprint density at radius 3 is 1.97 bits per heavy atom. The average Bonchev–Trinajstić information content (AvgIpc) is 2.79. The van der Waals surface area contributed by atoms with Crippen LogP contribution in [0.15, 0.2) is 85.1 Å². The summed E-state index contributed by atoms with van der Waals surface area (Å²) in [5, 5.41) is 16.8. The summed E-state index contributed by atoms with van der Waals surface area (Å²) in [7, 11) is 0. The minimum absolute atomic E-state index is 0.323. The number of aromatic nitrogens is 1. The fourth-order valence-corrected chi connectivity index (χ4v) is 4.50. The lowest BCUT2D eigenvalue weighted by molar-refractivity contribution is -0.151. The van der Waals surface area contributed by atoms with Crippen LogP contribution < -0.4 is 10.6 Å². The molecule has 0 saturated heterocycles. The Morgan fingerprint density at radius 2 is 1.42 bits per heavy atom. The lowest BCUT2D eigenvalue weighted by Gasteiger charge is -2.44. The van der Waals surface area contributed by atoms with Gasteiger partial charge >= 0.3 is 0 Å². The van der Waals surface area contributed by atoms with Crippen LogP contribution in [0.3, 0.4) is 0 Å². The van der Waals surface area contributed by atoms with Crippen molar-refractivity contribution in [2.75, 3.05) is 10.6 Å². The number of ketones is 1. The third kappa shape index (κ3) is 4.83. The number of nitrogens with zero attached hydrogens (tertiary/aromatic N) is 1. The Kier molecular flexibility index (Phi) is 6.33. The molecule has 1 fully saturated rings. The molecule has 0 bridgehead atoms. The molecule has 1 aliphatic carbocycles. The van der Waals surface area contributed by atoms with Gasteiger partial charge in [-0.05, 0) is 43.3 Å². The molecule has 1 aliphatic rings. The van der Waals surface area contributed by atoms with E-state index in [2.05, 4.69) is 15.6 Å². The van der Waals surface area contributed by atoms with Gasteiger partial charge in [0.25, 0.3) is 0 Å². The van der Waals surface area contributed by atoms with Crippen molar-refractivity contribution in [2.45, 2.75) is 24.9 Å². The summed E-state index contributed by atoms with van der Waals surface area (Å²) >= 11 is 0. The third-order valence-electron chi connectivity index (χ3n) is 5.94. The van der Waals surface area contributed by atoms with E-state index in [1.165, 1.54) is 6.92 Å². The number of anilines is 2. The normalized spacial score (nSPS) is 24.7. The van der Waals surface area contributed by atoms with Crippen LogP contribution in [0, 0.1) is 11.8 Å². The molecule has 168 valence electrons. The molecule has 1 aromatic heterocycles. The molecule has 7 heteroatoms. The number of carbonyl (C=O) groups is 3. The van der Waals surface area contributed by atoms with E-state index < -0.39 is 41.0 Å². The zero-order valence-electron chi connectivity index (χ0n) is 18.1. The number of hydrogen-bond acceptors (Lipinski definition) is 5. The van der Waals surface area contributed by atoms with Gasteiger partial charge in [0.15, 0.2) is 0 Å². The van der Waals surface area contributed by atoms with Crippen molar-refractivity contribution in [2.24, 2.45) is 11.8 Å². The van der Waals surface area contributed by atoms with Crippen molar-refractivity contribution in [1.29, 1.82) is 0 Å². The standard InChI is InChI=1S/C26H25N3O4/c1-26(33)16-20(30)22(24(31)28-17-10-4-2-5-11-17)21(19-14-8-9-15-27-19)23(26)25(32)29-18-12-6-3-7-13-18/h2-15,21-23,33H,16H2,1H3,(H,28,31)(H,29,32)/t21-,22+,23+,26+/m1/s1. The smallest absolute Gasteiger partial charge is 0.235 e. The monoisotopic (exact) mass is 443 g/mol. The van der Waals surface area contributed by atoms with E-state index in [-0.39, 0.29) is 6.42 Å². The molecule has 0 radical (unpaired) electrons. The van der Waals surface area contributed by atoms with Crippen molar-refractivity contribution in [3.63, 3.8) is 0 Å². The summed E-state index contributed by atoms with van der Waals surface area (Å²) in [6, 6.07) is 22.8. The van der Waals surface area contributed by atoms with Crippen LogP contribution >= 0.6 is 0 Å². The van der Waals surface area contributed by atoms with Gasteiger partial charge < -0.3 is 15.7 Å². The first-order valence-corrected chi connectivity index (χ1v) is 10.7. The molecule has 7 nitrogen and oxygen atoms in total. The number of aliphatic hydroxyl groups is 1. The van der Waals surface area contributed by atoms with Gasteiger partial charge in [0.2, 0.25) is 11.8 Å². The zero-order chi connectivity index (χ0) is 23.4. The van der Waals surface area contributed by atoms with Crippen molar-refractivity contribution in [1.82, 2.24) is 4.98 Å². The third-order valence-corrected chi connectivity index (χ3v) is 5.94. The van der Waals surface area contributed by atoms with Gasteiger partial charge in [0, 0.05) is 35.6 Å². The Hall–Kier alpha value is -3.84. The van der Waals surface area contributed by atoms with Crippen LogP contribution in [-0.4, -0.2) is 33.3 Å². The number of para-hydroxylation sites is 2. The lowest BCUT2D eigenvalue weighted by Crippen LogP contribution is -2.56. The van der Waals surface area contributed by atoms with Crippen LogP contribution in [0.25, 0.3) is 0 Å². The van der Waals surface area contributed by atoms with Gasteiger partial charge in [0.05, 0.1) is 11.5 Å². The largest absolute Gasteiger partial charge is 0.389 e. The average molecular weight is 444 g/mol. The lowest BCUT2D eigenvalue weighted by atomic mass is 9.62. The summed E-state index contributed by atoms with van der Waals surface area (Å²) in [6.45, 7) is 1.46. The van der Waals surface area contributed by atoms with Crippen molar-refractivity contribution < 1.29 is 19.5 Å². The number of Topliss-reactive ketones (excluding diaryl/α,β-unsaturated/α-hetero) is 1. The molecule has 33 heavy (non-hydrogen) atoms. The number of nitrogens with one attached hydrogen (secondary N) is 2. The second kappa shape index (κ2) is 9.34. The maximum atomic E-state index is 13.5. The predicted molar refractivity (Wildman–Crippen MR) is 124 cm³/mol. The fourth-order valence-electron chi connectivity index (χ4n) is 4.50. The number of carbonyl (C=O) groups excluding carboxylic acids is 3. The predicted octanol–water partition coefficient (Wildman–Crippen LogP) is 3.40. The van der Waals surface area contributed by atoms with E-state index >= 15 is 0 Å². The van der Waals surface area contributed by atoms with E-state index in [1.807, 2.05) is 12.1 Å². The molecule has 0 spiro atoms. The van der Waals surface area contributed by atoms with Gasteiger partial charge in [-0.15, -0.1) is 0 Å². The van der Waals surface area contributed by atoms with Crippen LogP contribution in [0.1, 0.15) is 25.0 Å². The van der Waals surface area contributed by atoms with E-state index in [1.54, 1.807) is 72.9 Å². The Labute approximate surface area is 191 Å². The second-order valence-electron chi connectivity index (χ2n) is 8.45. The van der Waals surface area contributed by atoms with E-state index in [0.29, 0.717) is 17.1 Å². The topological polar surface area (TPSA) is 108 Å². The highest BCUT2D eigenvalue weighted by molar-refractivity contribution is 6.10. The van der Waals surface area contributed by atoms with Gasteiger partial charge in [-0.3, -0.25) is 19.4 Å². The van der Waals surface area contributed by atoms with Gasteiger partial charge in [-0.25, -0.2) is 0 Å². The van der Waals surface area contributed by atoms with E-state index in [9.17, 15) is 19.5 Å². The van der Waals surface area contributed by atoms with Crippen molar-refractivity contribution in [3.05, 3.63) is 90.8 Å². The molecule has 3 N–H and O–H groups in total. The van der Waals surface area contributed by atoms with Crippen molar-refractivity contribution >= 4 is 29.0 Å². The molecule has 0 unspecified atom stereocenters. The van der Waals surface area contributed by atoms with Crippen molar-refractivity contribution in [3.8, 4) is 0 Å². The molecular formula is C26H25N3O4. The summed E-state index contributed by atoms with van der Waals surface area (Å²) in [6.07, 6.45) is 1.22. The van der Waals surface area contributed by atoms with Crippen LogP contribution in [0.5, 0.6) is 0 Å². The highest BCUT2D eigenvalue weighted by atomic mass is 16.3. The molecule has 4 atom stereocenters. The minimum atomic E-state index is -1.67. The summed E-state index contributed by atoms with van der Waals surface area (Å²) < 4.78 is 0. The molecule has 4 rings (SSSR count). The number of pyridine rings is 1. The van der Waals surface area contributed by atoms with Gasteiger partial charge in [-0.1, -0.05) is 42.5 Å². The summed E-state index contributed by atoms with van der Waals surface area (Å²) in [5.41, 5.74) is -0.174. The molecule has 2 amide bonds. The Balaban J connectivity index is 1.74. The van der Waals surface area contributed by atoms with E-state index in [0.717, 1.165) is 0 Å². The Bertz CT molecular complexity index is 1130. The highest BCUT2D eigenvalue weighted by Gasteiger charge is 2.56. The van der Waals surface area contributed by atoms with Gasteiger partial charge in [-0.2, -0.15) is 0 Å². The van der Waals surface area contributed by atoms with Crippen LogP contribution in [0.4, 0.5) is 11.4 Å². The summed E-state index contributed by atoms with van der Waals surface area (Å²) in [5.74, 6) is -4.67. The molecule has 0 aliphatic heterocycles. The number of amides is 2. The molecule has 2 aromatic carbocycles. The van der Waals surface area contributed by atoms with Crippen LogP contribution in [0.2, 0.25) is 0 Å². The second-order valence-corrected chi connectivity index (χ2v) is 8.45. The maximum absolute atomic E-state index is 13.5. The highest BCUT2D eigenvalue weighted by Crippen LogP contribution is 2.46. The number of hydrogen-bond donors (Lipinski definition) is 3. The summed E-state index contributed by atoms with van der Waals surface area (Å²) in [4.78, 5) is 44.3. The number of rotatable bonds is 5. The fraction of sp³-hybridized carbons (Fsp3) is 0.231. The first-order chi connectivity index (χ1) is 15.9. The van der Waals surface area contributed by atoms with E-state index in [4.69, 9.17) is 0 Å². The minimum Gasteiger partial charge on any atom is -0.389 e. The van der Waals surface area contributed by atoms with Crippen LogP contribution in [-0.2, 0) is 14.4 Å². The Morgan fingerprint density at radius 1 is 0.879 bits per heavy atom. The number of benzene rings is 2. The first kappa shape index (κ1) is 22.4. The van der Waals surface area contributed by atoms with Gasteiger partial charge in [0.1, 0.15) is 11.7 Å². The molecular weight excluding hydrogens is 418 g/mol. The quantitative estimate of drug-likeness (QED) is 0.524. The first-order valence-electron chi connectivity index (χ1n) is 10.7. The molecule has 1 saturated carbocycles. The molecule has 3 aromatic rings. The maximum Gasteiger partial charge on any atom is 0.235 e.